The van der Waals surface area contributed by atoms with Crippen LogP contribution >= 0.6 is 0 Å². The van der Waals surface area contributed by atoms with Gasteiger partial charge < -0.3 is 15.2 Å². The Hall–Kier alpha value is -2.56. The van der Waals surface area contributed by atoms with Crippen LogP contribution in [0.25, 0.3) is 10.8 Å². The minimum atomic E-state index is -0.824. The molecule has 0 aliphatic heterocycles. The molecule has 2 aromatic carbocycles. The van der Waals surface area contributed by atoms with Crippen LogP contribution in [0.3, 0.4) is 0 Å². The lowest BCUT2D eigenvalue weighted by molar-refractivity contribution is -0.143. The molecule has 0 aromatic heterocycles. The molecule has 3 rings (SSSR count). The molecule has 0 spiro atoms. The van der Waals surface area contributed by atoms with Gasteiger partial charge >= 0.3 is 5.97 Å². The van der Waals surface area contributed by atoms with Crippen LogP contribution in [0.1, 0.15) is 31.2 Å². The zero-order valence-corrected chi connectivity index (χ0v) is 13.8. The number of fused-ring (bicyclic) bond motifs is 1. The molecule has 1 fully saturated rings. The number of hydrogen-bond acceptors (Lipinski definition) is 3. The van der Waals surface area contributed by atoms with Crippen molar-refractivity contribution in [3.05, 3.63) is 42.0 Å². The number of carbonyl (C=O) groups is 2. The molecule has 0 saturated heterocycles. The highest BCUT2D eigenvalue weighted by atomic mass is 16.5. The Balaban J connectivity index is 1.72. The van der Waals surface area contributed by atoms with Gasteiger partial charge in [-0.15, -0.1) is 0 Å². The molecule has 5 heteroatoms. The Morgan fingerprint density at radius 2 is 1.88 bits per heavy atom. The zero-order valence-electron chi connectivity index (χ0n) is 13.8. The van der Waals surface area contributed by atoms with E-state index in [2.05, 4.69) is 5.32 Å². The fraction of sp³-hybridized carbons (Fsp3) is 0.368. The third kappa shape index (κ3) is 3.07. The van der Waals surface area contributed by atoms with Crippen molar-refractivity contribution in [2.45, 2.75) is 25.7 Å². The second-order valence-corrected chi connectivity index (χ2v) is 6.50. The van der Waals surface area contributed by atoms with E-state index >= 15 is 0 Å². The van der Waals surface area contributed by atoms with E-state index in [9.17, 15) is 14.7 Å². The molecular formula is C19H21NO4. The van der Waals surface area contributed by atoms with Crippen LogP contribution in [0, 0.1) is 5.41 Å². The quantitative estimate of drug-likeness (QED) is 0.855. The summed E-state index contributed by atoms with van der Waals surface area (Å²) in [6.07, 6.45) is 1.27. The van der Waals surface area contributed by atoms with Gasteiger partial charge in [-0.1, -0.05) is 24.3 Å². The van der Waals surface area contributed by atoms with Crippen LogP contribution in [0.15, 0.2) is 36.4 Å². The fourth-order valence-corrected chi connectivity index (χ4v) is 2.82. The summed E-state index contributed by atoms with van der Waals surface area (Å²) in [5.41, 5.74) is 0.167. The molecular weight excluding hydrogens is 306 g/mol. The van der Waals surface area contributed by atoms with Crippen LogP contribution in [-0.2, 0) is 9.59 Å². The first-order chi connectivity index (χ1) is 11.4. The first kappa shape index (κ1) is 16.3. The van der Waals surface area contributed by atoms with Gasteiger partial charge in [-0.05, 0) is 48.2 Å². The van der Waals surface area contributed by atoms with E-state index < -0.39 is 11.4 Å². The third-order valence-electron chi connectivity index (χ3n) is 4.87. The van der Waals surface area contributed by atoms with E-state index in [1.165, 1.54) is 0 Å². The number of aliphatic carboxylic acids is 1. The Morgan fingerprint density at radius 3 is 2.50 bits per heavy atom. The molecule has 0 bridgehead atoms. The average Bonchev–Trinajstić information content (AvgIpc) is 3.39. The summed E-state index contributed by atoms with van der Waals surface area (Å²) in [6.45, 7) is 2.04. The lowest BCUT2D eigenvalue weighted by atomic mass is 9.96. The van der Waals surface area contributed by atoms with Gasteiger partial charge in [0.1, 0.15) is 5.75 Å². The average molecular weight is 327 g/mol. The third-order valence-corrected chi connectivity index (χ3v) is 4.87. The molecule has 5 nitrogen and oxygen atoms in total. The van der Waals surface area contributed by atoms with Gasteiger partial charge in [0, 0.05) is 6.54 Å². The number of amides is 1. The van der Waals surface area contributed by atoms with Crippen molar-refractivity contribution in [3.8, 4) is 5.75 Å². The van der Waals surface area contributed by atoms with Crippen molar-refractivity contribution in [2.24, 2.45) is 5.41 Å². The molecule has 1 aliphatic rings. The number of benzene rings is 2. The lowest BCUT2D eigenvalue weighted by Crippen LogP contribution is -2.36. The molecule has 1 saturated carbocycles. The van der Waals surface area contributed by atoms with Crippen molar-refractivity contribution in [3.63, 3.8) is 0 Å². The number of nitrogens with one attached hydrogen (secondary N) is 1. The molecule has 2 aromatic rings. The summed E-state index contributed by atoms with van der Waals surface area (Å²) in [4.78, 5) is 23.5. The molecule has 126 valence electrons. The van der Waals surface area contributed by atoms with Gasteiger partial charge in [-0.2, -0.15) is 0 Å². The van der Waals surface area contributed by atoms with Gasteiger partial charge in [-0.3, -0.25) is 9.59 Å². The van der Waals surface area contributed by atoms with Gasteiger partial charge in [0.05, 0.1) is 18.4 Å². The Bertz CT molecular complexity index is 795. The van der Waals surface area contributed by atoms with Crippen LogP contribution in [-0.4, -0.2) is 30.6 Å². The van der Waals surface area contributed by atoms with Crippen LogP contribution in [0.2, 0.25) is 0 Å². The standard InChI is InChI=1S/C19H21NO4/c1-12(17(21)20-11-19(7-8-19)18(22)23)13-3-4-15-10-16(24-2)6-5-14(15)9-13/h3-6,9-10,12H,7-8,11H2,1-2H3,(H,20,21)(H,22,23)/t12-/m0/s1. The number of rotatable bonds is 6. The summed E-state index contributed by atoms with van der Waals surface area (Å²) in [5.74, 6) is -0.504. The Morgan fingerprint density at radius 1 is 1.21 bits per heavy atom. The first-order valence-corrected chi connectivity index (χ1v) is 8.04. The smallest absolute Gasteiger partial charge is 0.311 e. The first-order valence-electron chi connectivity index (χ1n) is 8.04. The second-order valence-electron chi connectivity index (χ2n) is 6.50. The van der Waals surface area contributed by atoms with Crippen LogP contribution in [0.4, 0.5) is 0 Å². The molecule has 0 heterocycles. The summed E-state index contributed by atoms with van der Waals surface area (Å²) in [5, 5.41) is 14.1. The molecule has 0 unspecified atom stereocenters. The van der Waals surface area contributed by atoms with Crippen LogP contribution < -0.4 is 10.1 Å². The highest BCUT2D eigenvalue weighted by Crippen LogP contribution is 2.45. The van der Waals surface area contributed by atoms with E-state index in [0.29, 0.717) is 12.8 Å². The lowest BCUT2D eigenvalue weighted by Gasteiger charge is -2.16. The maximum atomic E-state index is 12.4. The van der Waals surface area contributed by atoms with Gasteiger partial charge in [0.25, 0.3) is 0 Å². The van der Waals surface area contributed by atoms with E-state index in [1.807, 2.05) is 43.3 Å². The zero-order chi connectivity index (χ0) is 17.3. The van der Waals surface area contributed by atoms with E-state index in [0.717, 1.165) is 22.1 Å². The maximum absolute atomic E-state index is 12.4. The number of hydrogen-bond donors (Lipinski definition) is 2. The van der Waals surface area contributed by atoms with Gasteiger partial charge in [0.15, 0.2) is 0 Å². The van der Waals surface area contributed by atoms with E-state index in [4.69, 9.17) is 4.74 Å². The minimum absolute atomic E-state index is 0.143. The van der Waals surface area contributed by atoms with Crippen molar-refractivity contribution in [1.82, 2.24) is 5.32 Å². The number of ether oxygens (including phenoxy) is 1. The number of carboxylic acids is 1. The largest absolute Gasteiger partial charge is 0.497 e. The second kappa shape index (κ2) is 6.15. The molecule has 2 N–H and O–H groups in total. The molecule has 1 aliphatic carbocycles. The van der Waals surface area contributed by atoms with Gasteiger partial charge in [-0.25, -0.2) is 0 Å². The molecule has 0 radical (unpaired) electrons. The summed E-state index contributed by atoms with van der Waals surface area (Å²) in [6, 6.07) is 11.7. The Labute approximate surface area is 140 Å². The number of carbonyl (C=O) groups excluding carboxylic acids is 1. The highest BCUT2D eigenvalue weighted by Gasteiger charge is 2.50. The molecule has 1 atom stereocenters. The SMILES string of the molecule is COc1ccc2cc([C@H](C)C(=O)NCC3(C(=O)O)CC3)ccc2c1. The summed E-state index contributed by atoms with van der Waals surface area (Å²) in [7, 11) is 1.63. The summed E-state index contributed by atoms with van der Waals surface area (Å²) < 4.78 is 5.22. The van der Waals surface area contributed by atoms with Crippen molar-refractivity contribution >= 4 is 22.6 Å². The number of methoxy groups -OCH3 is 1. The summed E-state index contributed by atoms with van der Waals surface area (Å²) >= 11 is 0. The van der Waals surface area contributed by atoms with Crippen molar-refractivity contribution < 1.29 is 19.4 Å². The predicted octanol–water partition coefficient (Wildman–Crippen LogP) is 2.93. The highest BCUT2D eigenvalue weighted by molar-refractivity contribution is 5.89. The van der Waals surface area contributed by atoms with Gasteiger partial charge in [0.2, 0.25) is 5.91 Å². The molecule has 24 heavy (non-hydrogen) atoms. The predicted molar refractivity (Wildman–Crippen MR) is 91.2 cm³/mol. The molecule has 1 amide bonds. The van der Waals surface area contributed by atoms with E-state index in [-0.39, 0.29) is 18.4 Å². The monoisotopic (exact) mass is 327 g/mol. The fourth-order valence-electron chi connectivity index (χ4n) is 2.82. The van der Waals surface area contributed by atoms with Crippen LogP contribution in [0.5, 0.6) is 5.75 Å². The normalized spacial score (nSPS) is 16.4. The number of carboxylic acid groups (broad SMARTS) is 1. The topological polar surface area (TPSA) is 75.6 Å². The van der Waals surface area contributed by atoms with Crippen molar-refractivity contribution in [2.75, 3.05) is 13.7 Å². The maximum Gasteiger partial charge on any atom is 0.311 e. The minimum Gasteiger partial charge on any atom is -0.497 e. The van der Waals surface area contributed by atoms with E-state index in [1.54, 1.807) is 7.11 Å². The van der Waals surface area contributed by atoms with Crippen molar-refractivity contribution in [1.29, 1.82) is 0 Å². The Kier molecular flexibility index (Phi) is 4.18.